The molecule has 0 aromatic heterocycles. The van der Waals surface area contributed by atoms with Crippen LogP contribution >= 0.6 is 7.82 Å². The van der Waals surface area contributed by atoms with Gasteiger partial charge in [0.25, 0.3) is 7.82 Å². The molecule has 0 aliphatic carbocycles. The van der Waals surface area contributed by atoms with Gasteiger partial charge in [-0.15, -0.1) is 0 Å². The molecular weight excluding hydrogens is 611 g/mol. The predicted molar refractivity (Wildman–Crippen MR) is 196 cm³/mol. The van der Waals surface area contributed by atoms with E-state index in [4.69, 9.17) is 9.05 Å². The van der Waals surface area contributed by atoms with Crippen molar-refractivity contribution in [2.24, 2.45) is 0 Å². The number of phosphoric acid groups is 1. The number of quaternary nitrogens is 1. The van der Waals surface area contributed by atoms with Gasteiger partial charge in [0.1, 0.15) is 13.2 Å². The van der Waals surface area contributed by atoms with Gasteiger partial charge in [-0.05, 0) is 12.8 Å². The van der Waals surface area contributed by atoms with Crippen molar-refractivity contribution in [3.8, 4) is 0 Å². The first-order chi connectivity index (χ1) is 22.5. The van der Waals surface area contributed by atoms with Crippen molar-refractivity contribution < 1.29 is 32.9 Å². The van der Waals surface area contributed by atoms with Crippen LogP contribution in [0.4, 0.5) is 0 Å². The molecule has 282 valence electrons. The van der Waals surface area contributed by atoms with Crippen LogP contribution in [-0.4, -0.2) is 68.5 Å². The maximum Gasteiger partial charge on any atom is 0.268 e. The number of likely N-dealkylation sites (N-methyl/N-ethyl adjacent to an activating group) is 1. The summed E-state index contributed by atoms with van der Waals surface area (Å²) in [7, 11) is 1.31. The van der Waals surface area contributed by atoms with Crippen LogP contribution in [0.15, 0.2) is 0 Å². The third-order valence-corrected chi connectivity index (χ3v) is 10.1. The summed E-state index contributed by atoms with van der Waals surface area (Å²) in [5.74, 6) is -0.165. The fourth-order valence-corrected chi connectivity index (χ4v) is 6.59. The summed E-state index contributed by atoms with van der Waals surface area (Å²) in [5, 5.41) is 13.8. The van der Waals surface area contributed by atoms with Crippen molar-refractivity contribution in [2.75, 3.05) is 40.9 Å². The molecule has 0 fully saturated rings. The Labute approximate surface area is 291 Å². The Bertz CT molecular complexity index is 748. The van der Waals surface area contributed by atoms with Gasteiger partial charge in [0.05, 0.1) is 39.9 Å². The number of aliphatic hydroxyl groups excluding tert-OH is 1. The van der Waals surface area contributed by atoms with Crippen molar-refractivity contribution >= 4 is 13.7 Å². The van der Waals surface area contributed by atoms with Crippen LogP contribution in [0.25, 0.3) is 0 Å². The van der Waals surface area contributed by atoms with Gasteiger partial charge in [-0.3, -0.25) is 9.36 Å². The van der Waals surface area contributed by atoms with Crippen molar-refractivity contribution in [3.63, 3.8) is 0 Å². The highest BCUT2D eigenvalue weighted by molar-refractivity contribution is 7.45. The number of nitrogens with one attached hydrogen (secondary N) is 1. The number of unbranched alkanes of at least 4 members (excludes halogenated alkanes) is 23. The Morgan fingerprint density at radius 3 is 1.45 bits per heavy atom. The van der Waals surface area contributed by atoms with E-state index in [2.05, 4.69) is 19.2 Å². The van der Waals surface area contributed by atoms with Gasteiger partial charge >= 0.3 is 0 Å². The molecule has 3 atom stereocenters. The molecule has 9 heteroatoms. The average Bonchev–Trinajstić information content (AvgIpc) is 3.01. The summed E-state index contributed by atoms with van der Waals surface area (Å²) < 4.78 is 23.2. The zero-order chi connectivity index (χ0) is 35.1. The third-order valence-electron chi connectivity index (χ3n) is 9.10. The minimum absolute atomic E-state index is 0.0156. The smallest absolute Gasteiger partial charge is 0.268 e. The van der Waals surface area contributed by atoms with Crippen LogP contribution in [-0.2, 0) is 18.4 Å². The summed E-state index contributed by atoms with van der Waals surface area (Å²) in [5.41, 5.74) is 0. The van der Waals surface area contributed by atoms with E-state index in [0.717, 1.165) is 38.5 Å². The Balaban J connectivity index is 4.43. The van der Waals surface area contributed by atoms with Crippen molar-refractivity contribution in [3.05, 3.63) is 0 Å². The number of hydrogen-bond acceptors (Lipinski definition) is 6. The van der Waals surface area contributed by atoms with Gasteiger partial charge in [0.15, 0.2) is 0 Å². The summed E-state index contributed by atoms with van der Waals surface area (Å²) in [6.45, 7) is 4.71. The minimum atomic E-state index is -4.55. The third kappa shape index (κ3) is 33.8. The molecule has 0 bridgehead atoms. The van der Waals surface area contributed by atoms with Gasteiger partial charge in [-0.25, -0.2) is 0 Å². The molecule has 1 unspecified atom stereocenters. The van der Waals surface area contributed by atoms with E-state index in [1.165, 1.54) is 122 Å². The lowest BCUT2D eigenvalue weighted by Crippen LogP contribution is -2.46. The van der Waals surface area contributed by atoms with Gasteiger partial charge in [-0.2, -0.15) is 0 Å². The van der Waals surface area contributed by atoms with Gasteiger partial charge in [-0.1, -0.05) is 168 Å². The Morgan fingerprint density at radius 2 is 1.04 bits per heavy atom. The van der Waals surface area contributed by atoms with Crippen LogP contribution in [0.5, 0.6) is 0 Å². The summed E-state index contributed by atoms with van der Waals surface area (Å²) in [4.78, 5) is 25.2. The van der Waals surface area contributed by atoms with Crippen LogP contribution in [0.3, 0.4) is 0 Å². The first kappa shape index (κ1) is 46.5. The lowest BCUT2D eigenvalue weighted by Gasteiger charge is -2.30. The highest BCUT2D eigenvalue weighted by Crippen LogP contribution is 2.38. The van der Waals surface area contributed by atoms with E-state index in [1.54, 1.807) is 0 Å². The molecule has 1 amide bonds. The quantitative estimate of drug-likeness (QED) is 0.0385. The topological polar surface area (TPSA) is 108 Å². The molecular formula is C38H79N2O6P. The number of aliphatic hydroxyl groups is 1. The van der Waals surface area contributed by atoms with Gasteiger partial charge in [0.2, 0.25) is 5.91 Å². The molecule has 0 saturated heterocycles. The standard InChI is InChI=1S/C38H79N2O6P/c1-6-8-10-12-14-16-18-20-21-23-25-27-29-31-37(41)36(35-46-47(43,44)45-34-33-40(3,4)5)39-38(42)32-30-28-26-24-22-19-17-15-13-11-9-7-2/h36-37,41H,6-35H2,1-5H3,(H-,39,42,43,44)/t36-,37+/m0/s1. The second-order valence-corrected chi connectivity index (χ2v) is 16.4. The highest BCUT2D eigenvalue weighted by atomic mass is 31.2. The zero-order valence-corrected chi connectivity index (χ0v) is 32.6. The molecule has 2 N–H and O–H groups in total. The molecule has 0 aromatic rings. The summed E-state index contributed by atoms with van der Waals surface area (Å²) in [6, 6.07) is -0.790. The molecule has 47 heavy (non-hydrogen) atoms. The number of nitrogens with zero attached hydrogens (tertiary/aromatic N) is 1. The Hall–Kier alpha value is -0.500. The van der Waals surface area contributed by atoms with Crippen molar-refractivity contribution in [1.82, 2.24) is 5.32 Å². The van der Waals surface area contributed by atoms with E-state index < -0.39 is 20.0 Å². The lowest BCUT2D eigenvalue weighted by molar-refractivity contribution is -0.870. The number of rotatable bonds is 36. The van der Waals surface area contributed by atoms with E-state index in [-0.39, 0.29) is 19.1 Å². The minimum Gasteiger partial charge on any atom is -0.756 e. The molecule has 0 radical (unpaired) electrons. The average molecular weight is 691 g/mol. The molecule has 0 rings (SSSR count). The van der Waals surface area contributed by atoms with Gasteiger partial charge in [0, 0.05) is 6.42 Å². The second kappa shape index (κ2) is 31.5. The number of carbonyl (C=O) groups excluding carboxylic acids is 1. The SMILES string of the molecule is CCCCCCCCCCCCCCC[C@@H](O)[C@H](COP(=O)([O-])OCC[N+](C)(C)C)NC(=O)CCCCCCCCCCCCCC. The maximum atomic E-state index is 12.8. The Morgan fingerprint density at radius 1 is 0.660 bits per heavy atom. The van der Waals surface area contributed by atoms with Crippen LogP contribution in [0.2, 0.25) is 0 Å². The highest BCUT2D eigenvalue weighted by Gasteiger charge is 2.24. The first-order valence-electron chi connectivity index (χ1n) is 19.9. The lowest BCUT2D eigenvalue weighted by atomic mass is 10.0. The number of amides is 1. The molecule has 8 nitrogen and oxygen atoms in total. The fourth-order valence-electron chi connectivity index (χ4n) is 5.86. The number of hydrogen-bond donors (Lipinski definition) is 2. The van der Waals surface area contributed by atoms with Gasteiger partial charge < -0.3 is 28.8 Å². The summed E-state index contributed by atoms with van der Waals surface area (Å²) >= 11 is 0. The summed E-state index contributed by atoms with van der Waals surface area (Å²) in [6.07, 6.45) is 30.9. The molecule has 0 aliphatic rings. The maximum absolute atomic E-state index is 12.8. The normalized spacial score (nSPS) is 14.6. The monoisotopic (exact) mass is 691 g/mol. The molecule has 0 aliphatic heterocycles. The van der Waals surface area contributed by atoms with E-state index >= 15 is 0 Å². The second-order valence-electron chi connectivity index (χ2n) is 15.0. The van der Waals surface area contributed by atoms with Crippen molar-refractivity contribution in [1.29, 1.82) is 0 Å². The molecule has 0 saturated carbocycles. The van der Waals surface area contributed by atoms with Crippen molar-refractivity contribution in [2.45, 2.75) is 199 Å². The molecule has 0 aromatic carbocycles. The number of phosphoric ester groups is 1. The van der Waals surface area contributed by atoms with E-state index in [0.29, 0.717) is 23.9 Å². The number of carbonyl (C=O) groups is 1. The fraction of sp³-hybridized carbons (Fsp3) is 0.974. The largest absolute Gasteiger partial charge is 0.756 e. The van der Waals surface area contributed by atoms with E-state index in [1.807, 2.05) is 21.1 Å². The zero-order valence-electron chi connectivity index (χ0n) is 31.8. The van der Waals surface area contributed by atoms with Crippen LogP contribution in [0.1, 0.15) is 187 Å². The van der Waals surface area contributed by atoms with Crippen LogP contribution in [0, 0.1) is 0 Å². The van der Waals surface area contributed by atoms with Crippen LogP contribution < -0.4 is 10.2 Å². The predicted octanol–water partition coefficient (Wildman–Crippen LogP) is 9.61. The molecule has 0 spiro atoms. The molecule has 0 heterocycles. The first-order valence-corrected chi connectivity index (χ1v) is 21.3. The van der Waals surface area contributed by atoms with E-state index in [9.17, 15) is 19.4 Å². The Kier molecular flexibility index (Phi) is 31.1.